The lowest BCUT2D eigenvalue weighted by Gasteiger charge is -2.01. The molecule has 3 heteroatoms. The van der Waals surface area contributed by atoms with Crippen molar-refractivity contribution in [1.82, 2.24) is 4.57 Å². The molecular weight excluding hydrogens is 206 g/mol. The lowest BCUT2D eigenvalue weighted by Crippen LogP contribution is -2.19. The Balaban J connectivity index is 2.40. The molecule has 0 N–H and O–H groups in total. The van der Waals surface area contributed by atoms with Crippen molar-refractivity contribution in [2.24, 2.45) is 0 Å². The first-order valence-electron chi connectivity index (χ1n) is 4.82. The van der Waals surface area contributed by atoms with Crippen LogP contribution < -0.4 is 0 Å². The van der Waals surface area contributed by atoms with Crippen LogP contribution in [0.5, 0.6) is 0 Å². The van der Waals surface area contributed by atoms with E-state index in [1.54, 1.807) is 4.57 Å². The standard InChI is InChI=1S/C12H14NOS/c1-15(2)9-12(14)13-8-7-10-5-3-4-6-11(10)13/h3-8H,9H2,1-2H3/q+1. The molecule has 0 aliphatic carbocycles. The zero-order valence-electron chi connectivity index (χ0n) is 8.93. The highest BCUT2D eigenvalue weighted by molar-refractivity contribution is 7.96. The van der Waals surface area contributed by atoms with Crippen molar-refractivity contribution in [1.29, 1.82) is 0 Å². The van der Waals surface area contributed by atoms with Gasteiger partial charge in [-0.05, 0) is 23.0 Å². The highest BCUT2D eigenvalue weighted by atomic mass is 32.2. The molecule has 1 aromatic carbocycles. The highest BCUT2D eigenvalue weighted by Gasteiger charge is 2.14. The van der Waals surface area contributed by atoms with Crippen LogP contribution >= 0.6 is 0 Å². The summed E-state index contributed by atoms with van der Waals surface area (Å²) in [5.41, 5.74) is 1.01. The average molecular weight is 220 g/mol. The van der Waals surface area contributed by atoms with Crippen LogP contribution in [0.25, 0.3) is 10.9 Å². The van der Waals surface area contributed by atoms with Crippen molar-refractivity contribution >= 4 is 27.7 Å². The number of nitrogens with zero attached hydrogens (tertiary/aromatic N) is 1. The van der Waals surface area contributed by atoms with E-state index in [2.05, 4.69) is 12.5 Å². The van der Waals surface area contributed by atoms with E-state index >= 15 is 0 Å². The number of hydrogen-bond donors (Lipinski definition) is 0. The molecule has 0 saturated carbocycles. The highest BCUT2D eigenvalue weighted by Crippen LogP contribution is 2.14. The summed E-state index contributed by atoms with van der Waals surface area (Å²) in [6, 6.07) is 9.94. The topological polar surface area (TPSA) is 22.0 Å². The predicted molar refractivity (Wildman–Crippen MR) is 66.6 cm³/mol. The van der Waals surface area contributed by atoms with Gasteiger partial charge in [0.25, 0.3) is 5.91 Å². The maximum atomic E-state index is 11.9. The minimum absolute atomic E-state index is 0.156. The van der Waals surface area contributed by atoms with Crippen molar-refractivity contribution in [3.05, 3.63) is 36.5 Å². The zero-order chi connectivity index (χ0) is 10.8. The van der Waals surface area contributed by atoms with E-state index in [9.17, 15) is 4.79 Å². The summed E-state index contributed by atoms with van der Waals surface area (Å²) in [6.07, 6.45) is 6.03. The molecule has 1 aromatic heterocycles. The second kappa shape index (κ2) is 4.11. The fraction of sp³-hybridized carbons (Fsp3) is 0.250. The molecule has 78 valence electrons. The third kappa shape index (κ3) is 2.07. The summed E-state index contributed by atoms with van der Waals surface area (Å²) in [5.74, 6) is 0.808. The molecule has 0 bridgehead atoms. The summed E-state index contributed by atoms with van der Waals surface area (Å²) in [5, 5.41) is 1.12. The summed E-state index contributed by atoms with van der Waals surface area (Å²) in [4.78, 5) is 11.9. The number of hydrogen-bond acceptors (Lipinski definition) is 1. The third-order valence-corrected chi connectivity index (χ3v) is 3.10. The molecule has 0 atom stereocenters. The smallest absolute Gasteiger partial charge is 0.280 e. The number of aromatic nitrogens is 1. The number of rotatable bonds is 2. The summed E-state index contributed by atoms with van der Waals surface area (Å²) in [6.45, 7) is 0. The Hall–Kier alpha value is -1.22. The number of benzene rings is 1. The molecule has 0 radical (unpaired) electrons. The van der Waals surface area contributed by atoms with E-state index in [4.69, 9.17) is 0 Å². The molecule has 0 saturated heterocycles. The fourth-order valence-electron chi connectivity index (χ4n) is 1.62. The van der Waals surface area contributed by atoms with Crippen LogP contribution in [0, 0.1) is 0 Å². The van der Waals surface area contributed by atoms with Crippen LogP contribution in [0.2, 0.25) is 0 Å². The molecule has 2 nitrogen and oxygen atoms in total. The van der Waals surface area contributed by atoms with Gasteiger partial charge in [0.05, 0.1) is 18.0 Å². The number of carbonyl (C=O) groups is 1. The van der Waals surface area contributed by atoms with Crippen LogP contribution in [0.4, 0.5) is 0 Å². The van der Waals surface area contributed by atoms with Gasteiger partial charge in [-0.3, -0.25) is 9.36 Å². The minimum Gasteiger partial charge on any atom is -0.283 e. The van der Waals surface area contributed by atoms with Crippen LogP contribution in [0.3, 0.4) is 0 Å². The average Bonchev–Trinajstić information content (AvgIpc) is 2.59. The maximum Gasteiger partial charge on any atom is 0.280 e. The third-order valence-electron chi connectivity index (χ3n) is 2.28. The van der Waals surface area contributed by atoms with Crippen molar-refractivity contribution in [3.63, 3.8) is 0 Å². The van der Waals surface area contributed by atoms with E-state index in [-0.39, 0.29) is 16.8 Å². The Kier molecular flexibility index (Phi) is 2.82. The molecule has 0 spiro atoms. The van der Waals surface area contributed by atoms with Crippen LogP contribution in [-0.4, -0.2) is 28.7 Å². The Morgan fingerprint density at radius 1 is 1.27 bits per heavy atom. The summed E-state index contributed by atoms with van der Waals surface area (Å²) >= 11 is 0. The van der Waals surface area contributed by atoms with E-state index < -0.39 is 0 Å². The first-order chi connectivity index (χ1) is 7.18. The van der Waals surface area contributed by atoms with Gasteiger partial charge in [0.1, 0.15) is 0 Å². The van der Waals surface area contributed by atoms with Gasteiger partial charge in [0.2, 0.25) is 0 Å². The molecule has 15 heavy (non-hydrogen) atoms. The van der Waals surface area contributed by atoms with Gasteiger partial charge in [-0.15, -0.1) is 0 Å². The summed E-state index contributed by atoms with van der Waals surface area (Å²) < 4.78 is 1.75. The number of fused-ring (bicyclic) bond motifs is 1. The molecule has 0 amide bonds. The monoisotopic (exact) mass is 220 g/mol. The van der Waals surface area contributed by atoms with Crippen molar-refractivity contribution in [3.8, 4) is 0 Å². The predicted octanol–water partition coefficient (Wildman–Crippen LogP) is 2.16. The largest absolute Gasteiger partial charge is 0.283 e. The molecular formula is C12H14NOS+. The second-order valence-electron chi connectivity index (χ2n) is 3.77. The Morgan fingerprint density at radius 3 is 2.73 bits per heavy atom. The first kappa shape index (κ1) is 10.3. The van der Waals surface area contributed by atoms with E-state index in [0.29, 0.717) is 5.75 Å². The molecule has 0 aliphatic rings. The molecule has 0 aliphatic heterocycles. The number of para-hydroxylation sites is 1. The quantitative estimate of drug-likeness (QED) is 0.711. The number of carbonyl (C=O) groups excluding carboxylic acids is 1. The van der Waals surface area contributed by atoms with Gasteiger partial charge in [0.15, 0.2) is 5.75 Å². The van der Waals surface area contributed by atoms with Crippen LogP contribution in [0.1, 0.15) is 4.79 Å². The SMILES string of the molecule is C[S+](C)CC(=O)n1ccc2ccccc21. The molecule has 2 aromatic rings. The molecule has 1 heterocycles. The second-order valence-corrected chi connectivity index (χ2v) is 6.03. The zero-order valence-corrected chi connectivity index (χ0v) is 9.75. The van der Waals surface area contributed by atoms with Gasteiger partial charge >= 0.3 is 0 Å². The van der Waals surface area contributed by atoms with Crippen molar-refractivity contribution in [2.45, 2.75) is 0 Å². The fourth-order valence-corrected chi connectivity index (χ4v) is 2.25. The lowest BCUT2D eigenvalue weighted by atomic mass is 10.2. The Labute approximate surface area is 92.2 Å². The molecule has 0 fully saturated rings. The Bertz CT molecular complexity index is 487. The molecule has 2 rings (SSSR count). The lowest BCUT2D eigenvalue weighted by molar-refractivity contribution is 0.0946. The summed E-state index contributed by atoms with van der Waals surface area (Å²) in [7, 11) is 0.156. The van der Waals surface area contributed by atoms with Gasteiger partial charge in [-0.2, -0.15) is 0 Å². The van der Waals surface area contributed by atoms with E-state index in [0.717, 1.165) is 10.9 Å². The van der Waals surface area contributed by atoms with Crippen LogP contribution in [-0.2, 0) is 10.9 Å². The van der Waals surface area contributed by atoms with Crippen molar-refractivity contribution < 1.29 is 4.79 Å². The van der Waals surface area contributed by atoms with Crippen LogP contribution in [0.15, 0.2) is 36.5 Å². The molecule has 0 unspecified atom stereocenters. The Morgan fingerprint density at radius 2 is 2.00 bits per heavy atom. The van der Waals surface area contributed by atoms with Crippen molar-refractivity contribution in [2.75, 3.05) is 18.3 Å². The van der Waals surface area contributed by atoms with Gasteiger partial charge in [0, 0.05) is 11.6 Å². The van der Waals surface area contributed by atoms with Gasteiger partial charge in [-0.25, -0.2) is 0 Å². The first-order valence-corrected chi connectivity index (χ1v) is 7.03. The van der Waals surface area contributed by atoms with E-state index in [1.807, 2.05) is 36.5 Å². The maximum absolute atomic E-state index is 11.9. The van der Waals surface area contributed by atoms with Gasteiger partial charge in [-0.1, -0.05) is 18.2 Å². The van der Waals surface area contributed by atoms with E-state index in [1.165, 1.54) is 0 Å². The van der Waals surface area contributed by atoms with Gasteiger partial charge < -0.3 is 0 Å². The normalized spacial score (nSPS) is 11.1. The minimum atomic E-state index is 0.156.